The molecule has 4 rings (SSSR count). The number of rotatable bonds is 7. The van der Waals surface area contributed by atoms with Gasteiger partial charge in [-0.25, -0.2) is 39.8 Å². The topological polar surface area (TPSA) is 152 Å². The number of hydrogen-bond acceptors (Lipinski definition) is 9. The smallest absolute Gasteiger partial charge is 0.247 e. The first-order valence-electron chi connectivity index (χ1n) is 11.9. The van der Waals surface area contributed by atoms with Gasteiger partial charge in [0, 0.05) is 32.1 Å². The number of aromatic nitrogens is 1. The van der Waals surface area contributed by atoms with Crippen molar-refractivity contribution in [2.45, 2.75) is 37.0 Å². The summed E-state index contributed by atoms with van der Waals surface area (Å²) in [4.78, 5) is 21.4. The highest BCUT2D eigenvalue weighted by Gasteiger charge is 2.67. The molecule has 0 unspecified atom stereocenters. The quantitative estimate of drug-likeness (QED) is 0.491. The molecule has 2 aliphatic heterocycles. The summed E-state index contributed by atoms with van der Waals surface area (Å²) in [5, 5.41) is 0. The Bertz CT molecular complexity index is 1510. The Balaban J connectivity index is 1.81. The third-order valence-corrected chi connectivity index (χ3v) is 12.0. The van der Waals surface area contributed by atoms with Gasteiger partial charge in [0.2, 0.25) is 26.0 Å². The zero-order valence-electron chi connectivity index (χ0n) is 21.5. The predicted molar refractivity (Wildman–Crippen MR) is 139 cm³/mol. The maximum atomic E-state index is 15.5. The van der Waals surface area contributed by atoms with Gasteiger partial charge >= 0.3 is 0 Å². The molecule has 0 saturated carbocycles. The number of nitrogens with two attached hydrogens (primary N) is 1. The van der Waals surface area contributed by atoms with Crippen molar-refractivity contribution in [3.63, 3.8) is 0 Å². The van der Waals surface area contributed by atoms with Crippen molar-refractivity contribution in [1.82, 2.24) is 13.6 Å². The van der Waals surface area contributed by atoms with Gasteiger partial charge < -0.3 is 10.5 Å². The molecule has 38 heavy (non-hydrogen) atoms. The maximum Gasteiger partial charge on any atom is 0.247 e. The fourth-order valence-electron chi connectivity index (χ4n) is 5.12. The Morgan fingerprint density at radius 2 is 1.97 bits per heavy atom. The van der Waals surface area contributed by atoms with Gasteiger partial charge in [-0.2, -0.15) is 0 Å². The molecule has 3 heterocycles. The molecule has 2 atom stereocenters. The third-order valence-electron chi connectivity index (χ3n) is 7.53. The van der Waals surface area contributed by atoms with Gasteiger partial charge in [-0.1, -0.05) is 6.07 Å². The fourth-order valence-corrected chi connectivity index (χ4v) is 8.49. The molecule has 1 fully saturated rings. The number of halogens is 1. The lowest BCUT2D eigenvalue weighted by Gasteiger charge is -2.48. The highest BCUT2D eigenvalue weighted by atomic mass is 32.2. The molecule has 2 aliphatic rings. The Morgan fingerprint density at radius 3 is 2.58 bits per heavy atom. The largest absolute Gasteiger partial charge is 0.495 e. The van der Waals surface area contributed by atoms with Crippen LogP contribution in [-0.2, 0) is 32.0 Å². The van der Waals surface area contributed by atoms with Crippen LogP contribution in [0.5, 0.6) is 5.75 Å². The van der Waals surface area contributed by atoms with Crippen molar-refractivity contribution in [1.29, 1.82) is 0 Å². The zero-order chi connectivity index (χ0) is 28.1. The number of Topliss-reactive ketones (excluding diaryl/α,β-unsaturated/α-hetero) is 1. The van der Waals surface area contributed by atoms with Crippen LogP contribution >= 0.6 is 0 Å². The molecule has 11 nitrogen and oxygen atoms in total. The molecule has 14 heteroatoms. The van der Waals surface area contributed by atoms with Crippen molar-refractivity contribution in [3.05, 3.63) is 59.2 Å². The van der Waals surface area contributed by atoms with Crippen LogP contribution in [0.15, 0.2) is 41.5 Å². The van der Waals surface area contributed by atoms with Crippen molar-refractivity contribution >= 4 is 31.8 Å². The molecule has 0 radical (unpaired) electrons. The van der Waals surface area contributed by atoms with Gasteiger partial charge in [-0.3, -0.25) is 4.79 Å². The van der Waals surface area contributed by atoms with Gasteiger partial charge in [0.05, 0.1) is 19.1 Å². The highest BCUT2D eigenvalue weighted by molar-refractivity contribution is 7.91. The van der Waals surface area contributed by atoms with Crippen LogP contribution in [0.3, 0.4) is 0 Å². The molecular weight excluding hydrogens is 537 g/mol. The van der Waals surface area contributed by atoms with E-state index in [1.54, 1.807) is 6.07 Å². The average Bonchev–Trinajstić information content (AvgIpc) is 3.37. The number of hydrogen-bond donors (Lipinski definition) is 1. The Labute approximate surface area is 221 Å². The van der Waals surface area contributed by atoms with Gasteiger partial charge in [-0.05, 0) is 50.1 Å². The van der Waals surface area contributed by atoms with Crippen LogP contribution < -0.4 is 10.5 Å². The number of carbonyl (C=O) groups is 1. The first-order chi connectivity index (χ1) is 17.7. The minimum Gasteiger partial charge on any atom is -0.495 e. The summed E-state index contributed by atoms with van der Waals surface area (Å²) in [6.07, 6.45) is 1.15. The molecule has 1 spiro atoms. The van der Waals surface area contributed by atoms with Gasteiger partial charge in [-0.15, -0.1) is 0 Å². The Kier molecular flexibility index (Phi) is 7.04. The number of aliphatic imine (C=N–C) groups is 1. The van der Waals surface area contributed by atoms with Crippen LogP contribution in [0.2, 0.25) is 0 Å². The standard InChI is InChI=1S/C24H30FN5O6S2/c1-5-37(32,33)30-11-10-24(15-30)23(2,28-22(26)29(3)38(24,34)35)18-12-16(6-8-19(18)25)13-21(31)20-9-7-17(36-4)14-27-20/h6-9,12,14H,5,10-11,13,15H2,1-4H3,(H2,26,28)/t23-,24-/m1/s1. The predicted octanol–water partition coefficient (Wildman–Crippen LogP) is 1.25. The Hall–Kier alpha value is -3.10. The number of methoxy groups -OCH3 is 1. The maximum absolute atomic E-state index is 15.5. The molecule has 1 aromatic carbocycles. The molecule has 2 N–H and O–H groups in total. The van der Waals surface area contributed by atoms with E-state index in [9.17, 15) is 21.6 Å². The molecule has 0 bridgehead atoms. The monoisotopic (exact) mass is 567 g/mol. The minimum absolute atomic E-state index is 0.0722. The first kappa shape index (κ1) is 27.9. The summed E-state index contributed by atoms with van der Waals surface area (Å²) in [5.41, 5.74) is 4.70. The summed E-state index contributed by atoms with van der Waals surface area (Å²) >= 11 is 0. The van der Waals surface area contributed by atoms with E-state index in [1.165, 1.54) is 52.4 Å². The van der Waals surface area contributed by atoms with Crippen molar-refractivity contribution in [3.8, 4) is 5.75 Å². The third kappa shape index (κ3) is 4.24. The van der Waals surface area contributed by atoms with E-state index in [4.69, 9.17) is 10.5 Å². The van der Waals surface area contributed by atoms with Crippen LogP contribution in [0.1, 0.15) is 41.9 Å². The van der Waals surface area contributed by atoms with Crippen LogP contribution in [0.25, 0.3) is 0 Å². The number of carbonyl (C=O) groups excluding carboxylic acids is 1. The number of ether oxygens (including phenoxy) is 1. The van der Waals surface area contributed by atoms with E-state index in [-0.39, 0.29) is 48.1 Å². The molecule has 0 aliphatic carbocycles. The summed E-state index contributed by atoms with van der Waals surface area (Å²) < 4.78 is 73.7. The molecule has 0 amide bonds. The van der Waals surface area contributed by atoms with Gasteiger partial charge in [0.25, 0.3) is 0 Å². The van der Waals surface area contributed by atoms with Crippen molar-refractivity contribution in [2.24, 2.45) is 10.7 Å². The summed E-state index contributed by atoms with van der Waals surface area (Å²) in [6, 6.07) is 7.07. The number of sulfonamides is 2. The SMILES string of the molecule is CCS(=O)(=O)N1CC[C@@]2(C1)[C@@](C)(c1cc(CC(=O)c3ccc(OC)cn3)ccc1F)N=C(N)N(C)S2(=O)=O. The highest BCUT2D eigenvalue weighted by Crippen LogP contribution is 2.52. The van der Waals surface area contributed by atoms with Crippen molar-refractivity contribution in [2.75, 3.05) is 33.0 Å². The first-order valence-corrected chi connectivity index (χ1v) is 14.9. The van der Waals surface area contributed by atoms with E-state index in [2.05, 4.69) is 9.98 Å². The number of guanidine groups is 1. The second-order valence-electron chi connectivity index (χ2n) is 9.49. The number of pyridine rings is 1. The molecule has 1 saturated heterocycles. The number of nitrogens with zero attached hydrogens (tertiary/aromatic N) is 4. The molecule has 2 aromatic rings. The summed E-state index contributed by atoms with van der Waals surface area (Å²) in [6.45, 7) is 2.43. The number of ketones is 1. The van der Waals surface area contributed by atoms with Gasteiger partial charge in [0.1, 0.15) is 27.5 Å². The van der Waals surface area contributed by atoms with E-state index in [1.807, 2.05) is 0 Å². The van der Waals surface area contributed by atoms with Gasteiger partial charge in [0.15, 0.2) is 5.78 Å². The second kappa shape index (κ2) is 9.58. The van der Waals surface area contributed by atoms with Crippen molar-refractivity contribution < 1.29 is 30.8 Å². The average molecular weight is 568 g/mol. The summed E-state index contributed by atoms with van der Waals surface area (Å²) in [5.74, 6) is -1.17. The summed E-state index contributed by atoms with van der Waals surface area (Å²) in [7, 11) is -5.32. The van der Waals surface area contributed by atoms with Crippen LogP contribution in [0.4, 0.5) is 4.39 Å². The van der Waals surface area contributed by atoms with E-state index < -0.39 is 42.7 Å². The lowest BCUT2D eigenvalue weighted by Crippen LogP contribution is -2.66. The Morgan fingerprint density at radius 1 is 1.26 bits per heavy atom. The van der Waals surface area contributed by atoms with E-state index in [0.29, 0.717) is 11.3 Å². The molecule has 206 valence electrons. The van der Waals surface area contributed by atoms with Crippen LogP contribution in [0, 0.1) is 5.82 Å². The normalized spacial score (nSPS) is 25.4. The van der Waals surface area contributed by atoms with E-state index in [0.717, 1.165) is 14.7 Å². The fraction of sp³-hybridized carbons (Fsp3) is 0.458. The second-order valence-corrected chi connectivity index (χ2v) is 14.0. The number of benzene rings is 1. The van der Waals surface area contributed by atoms with Crippen LogP contribution in [-0.4, -0.2) is 79.9 Å². The van der Waals surface area contributed by atoms with E-state index >= 15 is 4.39 Å². The minimum atomic E-state index is -4.29. The molecule has 1 aromatic heterocycles. The lowest BCUT2D eigenvalue weighted by atomic mass is 9.77. The lowest BCUT2D eigenvalue weighted by molar-refractivity contribution is 0.0988. The zero-order valence-corrected chi connectivity index (χ0v) is 23.1. The molecular formula is C24H30FN5O6S2.